The Morgan fingerprint density at radius 3 is 2.05 bits per heavy atom. The van der Waals surface area contributed by atoms with E-state index in [0.717, 1.165) is 37.8 Å². The fraction of sp³-hybridized carbons (Fsp3) is 0.548. The number of carbonyl (C=O) groups excluding carboxylic acids is 2. The molecule has 0 N–H and O–H groups in total. The third-order valence-electron chi connectivity index (χ3n) is 6.49. The van der Waals surface area contributed by atoms with Gasteiger partial charge in [-0.2, -0.15) is 0 Å². The Hall–Kier alpha value is -2.96. The maximum absolute atomic E-state index is 14.5. The lowest BCUT2D eigenvalue weighted by Gasteiger charge is -2.11. The van der Waals surface area contributed by atoms with Crippen molar-refractivity contribution >= 4 is 11.9 Å². The molecule has 2 rings (SSSR count). The number of hydrogen-bond donors (Lipinski definition) is 0. The van der Waals surface area contributed by atoms with Crippen LogP contribution in [0.25, 0.3) is 0 Å². The van der Waals surface area contributed by atoms with E-state index < -0.39 is 23.6 Å². The van der Waals surface area contributed by atoms with Crippen LogP contribution in [0.3, 0.4) is 0 Å². The predicted molar refractivity (Wildman–Crippen MR) is 145 cm³/mol. The van der Waals surface area contributed by atoms with Gasteiger partial charge in [-0.1, -0.05) is 85.0 Å². The molecule has 0 amide bonds. The molecule has 210 valence electrons. The highest BCUT2D eigenvalue weighted by atomic mass is 19.1. The quantitative estimate of drug-likeness (QED) is 0.109. The largest absolute Gasteiger partial charge is 0.491 e. The maximum atomic E-state index is 14.5. The van der Waals surface area contributed by atoms with Crippen LogP contribution in [-0.2, 0) is 4.74 Å². The topological polar surface area (TPSA) is 61.8 Å². The Balaban J connectivity index is 1.76. The van der Waals surface area contributed by atoms with Crippen molar-refractivity contribution < 1.29 is 32.6 Å². The third-order valence-corrected chi connectivity index (χ3v) is 6.49. The first-order chi connectivity index (χ1) is 18.3. The van der Waals surface area contributed by atoms with E-state index in [1.54, 1.807) is 0 Å². The number of rotatable bonds is 18. The zero-order valence-corrected chi connectivity index (χ0v) is 23.0. The number of benzene rings is 2. The highest BCUT2D eigenvalue weighted by molar-refractivity contribution is 5.92. The number of hydrogen-bond acceptors (Lipinski definition) is 5. The van der Waals surface area contributed by atoms with Crippen LogP contribution < -0.4 is 9.47 Å². The van der Waals surface area contributed by atoms with E-state index in [0.29, 0.717) is 6.61 Å². The van der Waals surface area contributed by atoms with Crippen molar-refractivity contribution in [2.45, 2.75) is 91.4 Å². The summed E-state index contributed by atoms with van der Waals surface area (Å²) in [7, 11) is 0. The monoisotopic (exact) mass is 532 g/mol. The molecule has 7 heteroatoms. The summed E-state index contributed by atoms with van der Waals surface area (Å²) < 4.78 is 44.7. The number of ether oxygens (including phenoxy) is 3. The van der Waals surface area contributed by atoms with Gasteiger partial charge in [-0.05, 0) is 42.7 Å². The van der Waals surface area contributed by atoms with Gasteiger partial charge in [0.2, 0.25) is 0 Å². The van der Waals surface area contributed by atoms with E-state index in [2.05, 4.69) is 6.92 Å². The molecule has 38 heavy (non-hydrogen) atoms. The summed E-state index contributed by atoms with van der Waals surface area (Å²) in [6.45, 7) is 6.71. The molecule has 0 saturated carbocycles. The molecular formula is C31H42F2O5. The van der Waals surface area contributed by atoms with Gasteiger partial charge in [-0.25, -0.2) is 18.4 Å². The van der Waals surface area contributed by atoms with E-state index >= 15 is 0 Å². The maximum Gasteiger partial charge on any atom is 0.343 e. The molecule has 0 aromatic heterocycles. The van der Waals surface area contributed by atoms with Crippen molar-refractivity contribution in [1.29, 1.82) is 0 Å². The minimum absolute atomic E-state index is 0.0359. The van der Waals surface area contributed by atoms with E-state index in [9.17, 15) is 18.4 Å². The smallest absolute Gasteiger partial charge is 0.343 e. The molecule has 0 radical (unpaired) electrons. The minimum Gasteiger partial charge on any atom is -0.491 e. The zero-order valence-electron chi connectivity index (χ0n) is 23.0. The van der Waals surface area contributed by atoms with Gasteiger partial charge in [0.1, 0.15) is 11.6 Å². The Bertz CT molecular complexity index is 1010. The molecule has 0 aliphatic carbocycles. The summed E-state index contributed by atoms with van der Waals surface area (Å²) in [5.41, 5.74) is -0.283. The van der Waals surface area contributed by atoms with Crippen molar-refractivity contribution in [3.8, 4) is 11.5 Å². The first-order valence-electron chi connectivity index (χ1n) is 14.0. The first-order valence-corrected chi connectivity index (χ1v) is 14.0. The van der Waals surface area contributed by atoms with Crippen molar-refractivity contribution in [2.75, 3.05) is 13.2 Å². The fourth-order valence-corrected chi connectivity index (χ4v) is 3.82. The van der Waals surface area contributed by atoms with Gasteiger partial charge in [0.05, 0.1) is 24.3 Å². The Morgan fingerprint density at radius 2 is 1.45 bits per heavy atom. The molecular weight excluding hydrogens is 490 g/mol. The van der Waals surface area contributed by atoms with Gasteiger partial charge in [0, 0.05) is 6.07 Å². The van der Waals surface area contributed by atoms with Gasteiger partial charge in [0.25, 0.3) is 0 Å². The summed E-state index contributed by atoms with van der Waals surface area (Å²) in [5, 5.41) is 0. The lowest BCUT2D eigenvalue weighted by Crippen LogP contribution is -2.13. The summed E-state index contributed by atoms with van der Waals surface area (Å²) >= 11 is 0. The Morgan fingerprint density at radius 1 is 0.789 bits per heavy atom. The highest BCUT2D eigenvalue weighted by Crippen LogP contribution is 2.22. The molecule has 0 fully saturated rings. The van der Waals surface area contributed by atoms with Crippen LogP contribution >= 0.6 is 0 Å². The molecule has 0 spiro atoms. The lowest BCUT2D eigenvalue weighted by atomic mass is 10.1. The third kappa shape index (κ3) is 11.2. The second-order valence-electron chi connectivity index (χ2n) is 9.82. The summed E-state index contributed by atoms with van der Waals surface area (Å²) in [4.78, 5) is 24.5. The highest BCUT2D eigenvalue weighted by Gasteiger charge is 2.18. The molecule has 2 aromatic carbocycles. The molecule has 0 saturated heterocycles. The molecule has 0 aliphatic rings. The van der Waals surface area contributed by atoms with Gasteiger partial charge < -0.3 is 14.2 Å². The molecule has 1 atom stereocenters. The zero-order chi connectivity index (χ0) is 27.8. The summed E-state index contributed by atoms with van der Waals surface area (Å²) in [6.07, 6.45) is 12.9. The lowest BCUT2D eigenvalue weighted by molar-refractivity contribution is 0.0441. The van der Waals surface area contributed by atoms with Crippen LogP contribution in [0, 0.1) is 17.6 Å². The second kappa shape index (κ2) is 17.5. The number of carbonyl (C=O) groups is 2. The standard InChI is InChI=1S/C31H42F2O5/c1-4-6-7-8-9-10-11-12-13-14-19-36-29-18-15-24(20-28(29)33)30(34)38-25-16-17-26(27(32)21-25)31(35)37-22-23(3)5-2/h15-18,20-21,23H,4-14,19,22H2,1-3H3. The van der Waals surface area contributed by atoms with Gasteiger partial charge in [0.15, 0.2) is 11.6 Å². The normalized spacial score (nSPS) is 11.7. The Kier molecular flexibility index (Phi) is 14.4. The molecule has 0 bridgehead atoms. The first kappa shape index (κ1) is 31.3. The van der Waals surface area contributed by atoms with Gasteiger partial charge in [-0.15, -0.1) is 0 Å². The summed E-state index contributed by atoms with van der Waals surface area (Å²) in [6, 6.07) is 7.24. The number of halogens is 2. The van der Waals surface area contributed by atoms with Crippen LogP contribution in [0.1, 0.15) is 112 Å². The number of unbranched alkanes of at least 4 members (excludes halogenated alkanes) is 9. The molecule has 5 nitrogen and oxygen atoms in total. The van der Waals surface area contributed by atoms with E-state index in [1.807, 2.05) is 13.8 Å². The predicted octanol–water partition coefficient (Wildman–Crippen LogP) is 8.69. The van der Waals surface area contributed by atoms with Crippen LogP contribution in [0.4, 0.5) is 8.78 Å². The van der Waals surface area contributed by atoms with Crippen LogP contribution in [0.5, 0.6) is 11.5 Å². The van der Waals surface area contributed by atoms with Crippen LogP contribution in [-0.4, -0.2) is 25.2 Å². The van der Waals surface area contributed by atoms with Crippen molar-refractivity contribution in [1.82, 2.24) is 0 Å². The molecule has 0 heterocycles. The van der Waals surface area contributed by atoms with Crippen LogP contribution in [0.15, 0.2) is 36.4 Å². The van der Waals surface area contributed by atoms with Crippen molar-refractivity contribution in [3.05, 3.63) is 59.2 Å². The molecule has 0 aliphatic heterocycles. The average molecular weight is 533 g/mol. The fourth-order valence-electron chi connectivity index (χ4n) is 3.82. The second-order valence-corrected chi connectivity index (χ2v) is 9.82. The average Bonchev–Trinajstić information content (AvgIpc) is 2.90. The minimum atomic E-state index is -0.869. The molecule has 2 aromatic rings. The molecule has 1 unspecified atom stereocenters. The SMILES string of the molecule is CCCCCCCCCCCCOc1ccc(C(=O)Oc2ccc(C(=O)OCC(C)CC)c(F)c2)cc1F. The van der Waals surface area contributed by atoms with Crippen LogP contribution in [0.2, 0.25) is 0 Å². The Labute approximate surface area is 225 Å². The van der Waals surface area contributed by atoms with E-state index in [1.165, 1.54) is 69.2 Å². The van der Waals surface area contributed by atoms with Crippen molar-refractivity contribution in [3.63, 3.8) is 0 Å². The van der Waals surface area contributed by atoms with E-state index in [4.69, 9.17) is 14.2 Å². The van der Waals surface area contributed by atoms with Crippen molar-refractivity contribution in [2.24, 2.45) is 5.92 Å². The van der Waals surface area contributed by atoms with E-state index in [-0.39, 0.29) is 35.2 Å². The number of esters is 2. The summed E-state index contributed by atoms with van der Waals surface area (Å²) in [5.74, 6) is -3.04. The van der Waals surface area contributed by atoms with Gasteiger partial charge in [-0.3, -0.25) is 0 Å². The van der Waals surface area contributed by atoms with Gasteiger partial charge >= 0.3 is 11.9 Å².